The molecule has 316 valence electrons. The number of hydrogen-bond donors (Lipinski definition) is 4. The molecule has 0 aliphatic carbocycles. The molecule has 4 amide bonds. The number of halogens is 1. The summed E-state index contributed by atoms with van der Waals surface area (Å²) in [6.07, 6.45) is 5.40. The Bertz CT molecular complexity index is 2400. The van der Waals surface area contributed by atoms with Crippen molar-refractivity contribution in [2.24, 2.45) is 0 Å². The summed E-state index contributed by atoms with van der Waals surface area (Å²) in [5.41, 5.74) is 1.85. The van der Waals surface area contributed by atoms with E-state index >= 15 is 0 Å². The summed E-state index contributed by atoms with van der Waals surface area (Å²) in [7, 11) is 0. The lowest BCUT2D eigenvalue weighted by Crippen LogP contribution is -2.52. The number of anilines is 1. The quantitative estimate of drug-likeness (QED) is 0.113. The van der Waals surface area contributed by atoms with E-state index < -0.39 is 29.3 Å². The highest BCUT2D eigenvalue weighted by Crippen LogP contribution is 2.22. The van der Waals surface area contributed by atoms with Gasteiger partial charge in [-0.25, -0.2) is 23.9 Å². The van der Waals surface area contributed by atoms with Crippen molar-refractivity contribution >= 4 is 40.3 Å². The largest absolute Gasteiger partial charge is 0.444 e. The highest BCUT2D eigenvalue weighted by molar-refractivity contribution is 6.01. The molecule has 1 fully saturated rings. The minimum Gasteiger partial charge on any atom is -0.444 e. The van der Waals surface area contributed by atoms with Crippen molar-refractivity contribution in [2.75, 3.05) is 64.3 Å². The van der Waals surface area contributed by atoms with Crippen LogP contribution in [-0.4, -0.2) is 123 Å². The lowest BCUT2D eigenvalue weighted by molar-refractivity contribution is -0.131. The van der Waals surface area contributed by atoms with Gasteiger partial charge < -0.3 is 29.9 Å². The Morgan fingerprint density at radius 1 is 0.917 bits per heavy atom. The fourth-order valence-electron chi connectivity index (χ4n) is 6.50. The first-order valence-corrected chi connectivity index (χ1v) is 19.7. The summed E-state index contributed by atoms with van der Waals surface area (Å²) < 4.78 is 27.6. The number of amides is 4. The number of benzene rings is 2. The third-order valence-electron chi connectivity index (χ3n) is 9.59. The summed E-state index contributed by atoms with van der Waals surface area (Å²) >= 11 is 0. The molecular weight excluding hydrogens is 776 g/mol. The number of hydrogen-bond acceptors (Lipinski definition) is 11. The van der Waals surface area contributed by atoms with Crippen LogP contribution in [0.5, 0.6) is 0 Å². The molecule has 4 N–H and O–H groups in total. The first kappa shape index (κ1) is 43.1. The molecule has 0 unspecified atom stereocenters. The number of pyridine rings is 1. The number of H-pyrrole nitrogens is 1. The maximum Gasteiger partial charge on any atom is 0.412 e. The molecule has 0 saturated carbocycles. The normalized spacial score (nSPS) is 13.0. The van der Waals surface area contributed by atoms with E-state index in [0.29, 0.717) is 47.4 Å². The van der Waals surface area contributed by atoms with Gasteiger partial charge >= 0.3 is 6.09 Å². The van der Waals surface area contributed by atoms with E-state index in [4.69, 9.17) is 9.47 Å². The molecule has 17 nitrogen and oxygen atoms in total. The second kappa shape index (κ2) is 19.5. The number of fused-ring (bicyclic) bond motifs is 1. The van der Waals surface area contributed by atoms with Gasteiger partial charge in [-0.15, -0.1) is 0 Å². The van der Waals surface area contributed by atoms with Crippen LogP contribution in [0.2, 0.25) is 0 Å². The number of aromatic amines is 1. The molecule has 5 aromatic rings. The van der Waals surface area contributed by atoms with Gasteiger partial charge in [-0.2, -0.15) is 10.2 Å². The van der Waals surface area contributed by atoms with E-state index in [2.05, 4.69) is 36.2 Å². The molecule has 0 spiro atoms. The summed E-state index contributed by atoms with van der Waals surface area (Å²) in [6.45, 7) is 9.35. The monoisotopic (exact) mass is 824 g/mol. The van der Waals surface area contributed by atoms with Crippen molar-refractivity contribution in [3.8, 4) is 5.69 Å². The topological polar surface area (TPSA) is 206 Å². The fraction of sp³-hybridized carbons (Fsp3) is 0.381. The van der Waals surface area contributed by atoms with Crippen molar-refractivity contribution in [3.63, 3.8) is 0 Å². The lowest BCUT2D eigenvalue weighted by Gasteiger charge is -2.35. The Morgan fingerprint density at radius 2 is 1.65 bits per heavy atom. The second-order valence-electron chi connectivity index (χ2n) is 15.1. The molecule has 6 rings (SSSR count). The van der Waals surface area contributed by atoms with E-state index in [9.17, 15) is 28.4 Å². The second-order valence-corrected chi connectivity index (χ2v) is 15.1. The van der Waals surface area contributed by atoms with Crippen LogP contribution in [0.4, 0.5) is 14.9 Å². The standard InChI is InChI=1S/C42H49FN10O7/c1-5-27-23-47-53(26-27)29-22-35(48-41(58)60-42(2,3)4)37(46-24-29)39(56)45-13-19-59-18-12-44-25-36(54)51-14-16-52(17-15-51)40(57)32-20-28(10-11-33(32)43)21-34-30-8-6-7-9-31(30)38(55)50-49-34/h6-11,20,22-24,26,44H,5,12-19,21,25H2,1-4H3,(H,45,56)(H,48,58)(H,50,55). The zero-order valence-corrected chi connectivity index (χ0v) is 34.0. The minimum absolute atomic E-state index is 0.00913. The van der Waals surface area contributed by atoms with Crippen LogP contribution < -0.4 is 21.5 Å². The number of aryl methyl sites for hydroxylation is 1. The number of carbonyl (C=O) groups is 4. The number of nitrogens with one attached hydrogen (secondary N) is 4. The summed E-state index contributed by atoms with van der Waals surface area (Å²) in [6, 6.07) is 13.0. The first-order valence-electron chi connectivity index (χ1n) is 19.7. The molecule has 0 radical (unpaired) electrons. The van der Waals surface area contributed by atoms with E-state index in [1.165, 1.54) is 23.2 Å². The third-order valence-corrected chi connectivity index (χ3v) is 9.59. The van der Waals surface area contributed by atoms with Crippen molar-refractivity contribution in [1.82, 2.24) is 45.4 Å². The number of piperazine rings is 1. The Hall–Kier alpha value is -6.53. The van der Waals surface area contributed by atoms with E-state index in [0.717, 1.165) is 12.0 Å². The maximum atomic E-state index is 14.9. The van der Waals surface area contributed by atoms with Gasteiger partial charge in [0.1, 0.15) is 11.4 Å². The average Bonchev–Trinajstić information content (AvgIpc) is 3.72. The molecule has 60 heavy (non-hydrogen) atoms. The summed E-state index contributed by atoms with van der Waals surface area (Å²) in [4.78, 5) is 71.7. The van der Waals surface area contributed by atoms with Crippen LogP contribution in [-0.2, 0) is 27.1 Å². The van der Waals surface area contributed by atoms with Crippen LogP contribution in [0, 0.1) is 5.82 Å². The molecule has 3 aromatic heterocycles. The SMILES string of the molecule is CCc1cnn(-c2cnc(C(=O)NCCOCCNCC(=O)N3CCN(C(=O)c4cc(Cc5n[nH]c(=O)c6ccccc56)ccc4F)CC3)c(NC(=O)OC(C)(C)C)c2)c1. The average molecular weight is 825 g/mol. The zero-order valence-electron chi connectivity index (χ0n) is 34.0. The van der Waals surface area contributed by atoms with Crippen LogP contribution in [0.25, 0.3) is 16.5 Å². The van der Waals surface area contributed by atoms with Gasteiger partial charge in [-0.3, -0.25) is 24.5 Å². The van der Waals surface area contributed by atoms with Gasteiger partial charge in [0.25, 0.3) is 17.4 Å². The molecule has 1 aliphatic rings. The van der Waals surface area contributed by atoms with Gasteiger partial charge in [-0.1, -0.05) is 31.2 Å². The molecule has 0 atom stereocenters. The van der Waals surface area contributed by atoms with Crippen molar-refractivity contribution < 1.29 is 33.0 Å². The number of carbonyl (C=O) groups excluding carboxylic acids is 4. The Morgan fingerprint density at radius 3 is 2.38 bits per heavy atom. The Labute approximate surface area is 345 Å². The van der Waals surface area contributed by atoms with Gasteiger partial charge in [0.2, 0.25) is 5.91 Å². The fourth-order valence-corrected chi connectivity index (χ4v) is 6.50. The van der Waals surface area contributed by atoms with Gasteiger partial charge in [-0.05, 0) is 62.6 Å². The first-order chi connectivity index (χ1) is 28.8. The number of nitrogens with zero attached hydrogens (tertiary/aromatic N) is 6. The van der Waals surface area contributed by atoms with Crippen molar-refractivity contribution in [2.45, 2.75) is 46.1 Å². The van der Waals surface area contributed by atoms with Crippen LogP contribution in [0.15, 0.2) is 71.9 Å². The van der Waals surface area contributed by atoms with Crippen molar-refractivity contribution in [1.29, 1.82) is 0 Å². The molecule has 1 aliphatic heterocycles. The highest BCUT2D eigenvalue weighted by Gasteiger charge is 2.27. The summed E-state index contributed by atoms with van der Waals surface area (Å²) in [5.74, 6) is -1.77. The predicted molar refractivity (Wildman–Crippen MR) is 221 cm³/mol. The van der Waals surface area contributed by atoms with Gasteiger partial charge in [0.05, 0.1) is 60.2 Å². The highest BCUT2D eigenvalue weighted by atomic mass is 19.1. The molecule has 2 aromatic carbocycles. The Balaban J connectivity index is 0.907. The minimum atomic E-state index is -0.754. The molecule has 0 bridgehead atoms. The van der Waals surface area contributed by atoms with Crippen molar-refractivity contribution in [3.05, 3.63) is 111 Å². The van der Waals surface area contributed by atoms with Crippen LogP contribution in [0.3, 0.4) is 0 Å². The zero-order chi connectivity index (χ0) is 42.8. The van der Waals surface area contributed by atoms with Gasteiger partial charge in [0, 0.05) is 57.3 Å². The number of aromatic nitrogens is 5. The number of rotatable bonds is 15. The number of ether oxygens (including phenoxy) is 2. The lowest BCUT2D eigenvalue weighted by atomic mass is 10.0. The van der Waals surface area contributed by atoms with E-state index in [1.807, 2.05) is 19.2 Å². The van der Waals surface area contributed by atoms with Crippen LogP contribution >= 0.6 is 0 Å². The molecule has 1 saturated heterocycles. The van der Waals surface area contributed by atoms with E-state index in [1.54, 1.807) is 66.9 Å². The maximum absolute atomic E-state index is 14.9. The predicted octanol–water partition coefficient (Wildman–Crippen LogP) is 3.46. The smallest absolute Gasteiger partial charge is 0.412 e. The summed E-state index contributed by atoms with van der Waals surface area (Å²) in [5, 5.41) is 20.6. The van der Waals surface area contributed by atoms with Crippen LogP contribution in [0.1, 0.15) is 65.4 Å². The Kier molecular flexibility index (Phi) is 14.0. The molecule has 4 heterocycles. The van der Waals surface area contributed by atoms with Gasteiger partial charge in [0.15, 0.2) is 5.69 Å². The van der Waals surface area contributed by atoms with E-state index in [-0.39, 0.29) is 74.2 Å². The third kappa shape index (κ3) is 11.1. The molecular formula is C42H49FN10O7. The molecule has 18 heteroatoms.